The third-order valence-electron chi connectivity index (χ3n) is 14.3. The molecule has 2 saturated heterocycles. The van der Waals surface area contributed by atoms with Crippen LogP contribution in [0.1, 0.15) is 135 Å². The number of benzene rings is 3. The number of likely N-dealkylation sites (tertiary alicyclic amines) is 2. The number of carbonyl (C=O) groups excluding carboxylic acids is 4. The molecular weight excluding hydrogens is 825 g/mol. The van der Waals surface area contributed by atoms with E-state index in [-0.39, 0.29) is 53.7 Å². The Bertz CT molecular complexity index is 2620. The smallest absolute Gasteiger partial charge is 0.407 e. The zero-order valence-corrected chi connectivity index (χ0v) is 39.3. The Morgan fingerprint density at radius 3 is 1.89 bits per heavy atom. The van der Waals surface area contributed by atoms with Gasteiger partial charge in [-0.25, -0.2) is 19.6 Å². The van der Waals surface area contributed by atoms with Crippen molar-refractivity contribution in [2.24, 2.45) is 11.8 Å². The number of hydrogen-bond donors (Lipinski definition) is 4. The predicted octanol–water partition coefficient (Wildman–Crippen LogP) is 9.43. The molecule has 65 heavy (non-hydrogen) atoms. The van der Waals surface area contributed by atoms with E-state index in [1.165, 1.54) is 14.2 Å². The molecule has 0 spiro atoms. The van der Waals surface area contributed by atoms with E-state index in [2.05, 4.69) is 77.8 Å². The molecule has 0 unspecified atom stereocenters. The second-order valence-corrected chi connectivity index (χ2v) is 18.7. The highest BCUT2D eigenvalue weighted by molar-refractivity contribution is 6.07. The van der Waals surface area contributed by atoms with Crippen LogP contribution >= 0.6 is 0 Å². The Morgan fingerprint density at radius 1 is 0.754 bits per heavy atom. The lowest BCUT2D eigenvalue weighted by Gasteiger charge is -2.33. The highest BCUT2D eigenvalue weighted by atomic mass is 16.5. The summed E-state index contributed by atoms with van der Waals surface area (Å²) in [5.74, 6) is 1.94. The second kappa shape index (κ2) is 18.4. The summed E-state index contributed by atoms with van der Waals surface area (Å²) in [4.78, 5) is 74.4. The first-order valence-corrected chi connectivity index (χ1v) is 23.3. The van der Waals surface area contributed by atoms with Gasteiger partial charge in [-0.05, 0) is 98.1 Å². The lowest BCUT2D eigenvalue weighted by atomic mass is 9.91. The van der Waals surface area contributed by atoms with E-state index in [4.69, 9.17) is 24.2 Å². The second-order valence-electron chi connectivity index (χ2n) is 18.7. The molecule has 3 aliphatic heterocycles. The lowest BCUT2D eigenvalue weighted by molar-refractivity contribution is -0.138. The molecule has 8 rings (SSSR count). The van der Waals surface area contributed by atoms with Crippen LogP contribution in [0.3, 0.4) is 0 Å². The van der Waals surface area contributed by atoms with E-state index in [0.717, 1.165) is 111 Å². The van der Waals surface area contributed by atoms with E-state index in [1.54, 1.807) is 0 Å². The summed E-state index contributed by atoms with van der Waals surface area (Å²) in [7, 11) is 2.62. The van der Waals surface area contributed by atoms with Gasteiger partial charge >= 0.3 is 12.2 Å². The third kappa shape index (κ3) is 8.38. The van der Waals surface area contributed by atoms with E-state index in [9.17, 15) is 19.2 Å². The van der Waals surface area contributed by atoms with Gasteiger partial charge in [0.05, 0.1) is 43.0 Å². The van der Waals surface area contributed by atoms with E-state index >= 15 is 0 Å². The van der Waals surface area contributed by atoms with E-state index in [0.29, 0.717) is 6.61 Å². The number of aromatic amines is 2. The molecule has 4 amide bonds. The molecule has 2 fully saturated rings. The number of alkyl carbamates (subject to hydrolysis) is 2. The Labute approximate surface area is 380 Å². The van der Waals surface area contributed by atoms with Gasteiger partial charge < -0.3 is 44.6 Å². The number of carbonyl (C=O) groups is 4. The summed E-state index contributed by atoms with van der Waals surface area (Å²) in [6.45, 7) is 16.7. The Morgan fingerprint density at radius 2 is 1.34 bits per heavy atom. The summed E-state index contributed by atoms with van der Waals surface area (Å²) in [5.41, 5.74) is 7.62. The average molecular weight is 889 g/mol. The minimum atomic E-state index is -0.715. The maximum atomic E-state index is 14.2. The zero-order valence-electron chi connectivity index (χ0n) is 39.3. The van der Waals surface area contributed by atoms with Crippen LogP contribution in [0.25, 0.3) is 44.2 Å². The Hall–Kier alpha value is -6.12. The summed E-state index contributed by atoms with van der Waals surface area (Å²) in [5, 5.41) is 7.57. The molecule has 15 heteroatoms. The first kappa shape index (κ1) is 45.4. The summed E-state index contributed by atoms with van der Waals surface area (Å²) >= 11 is 0. The van der Waals surface area contributed by atoms with Gasteiger partial charge in [-0.3, -0.25) is 9.59 Å². The normalized spacial score (nSPS) is 21.1. The van der Waals surface area contributed by atoms with Gasteiger partial charge in [0.2, 0.25) is 11.8 Å². The lowest BCUT2D eigenvalue weighted by Crippen LogP contribution is -2.53. The molecular formula is C50H64N8O7. The third-order valence-corrected chi connectivity index (χ3v) is 14.3. The highest BCUT2D eigenvalue weighted by Gasteiger charge is 2.43. The molecule has 4 N–H and O–H groups in total. The van der Waals surface area contributed by atoms with Crippen LogP contribution in [-0.4, -0.2) is 92.1 Å². The molecule has 5 heterocycles. The molecule has 0 bridgehead atoms. The van der Waals surface area contributed by atoms with Gasteiger partial charge in [-0.2, -0.15) is 0 Å². The number of nitrogens with zero attached hydrogens (tertiary/aromatic N) is 4. The van der Waals surface area contributed by atoms with Crippen molar-refractivity contribution in [1.29, 1.82) is 0 Å². The highest BCUT2D eigenvalue weighted by Crippen LogP contribution is 2.45. The first-order chi connectivity index (χ1) is 31.2. The number of hydrogen-bond acceptors (Lipinski definition) is 9. The predicted molar refractivity (Wildman–Crippen MR) is 249 cm³/mol. The van der Waals surface area contributed by atoms with Gasteiger partial charge in [0, 0.05) is 34.3 Å². The number of H-pyrrole nitrogens is 2. The molecule has 15 nitrogen and oxygen atoms in total. The summed E-state index contributed by atoms with van der Waals surface area (Å²) < 4.78 is 16.3. The van der Waals surface area contributed by atoms with Gasteiger partial charge in [0.1, 0.15) is 36.1 Å². The van der Waals surface area contributed by atoms with Crippen molar-refractivity contribution >= 4 is 45.8 Å². The number of nitrogens with one attached hydrogen (secondary N) is 4. The molecule has 3 aliphatic rings. The summed E-state index contributed by atoms with van der Waals surface area (Å²) in [6, 6.07) is 12.8. The fourth-order valence-electron chi connectivity index (χ4n) is 10.1. The number of rotatable bonds is 12. The first-order valence-electron chi connectivity index (χ1n) is 23.3. The maximum absolute atomic E-state index is 14.2. The number of fused-ring (bicyclic) bond motifs is 6. The molecule has 2 aromatic heterocycles. The van der Waals surface area contributed by atoms with Gasteiger partial charge in [0.15, 0.2) is 0 Å². The molecule has 346 valence electrons. The molecule has 3 aromatic carbocycles. The maximum Gasteiger partial charge on any atom is 0.407 e. The SMILES string of the molecule is CC[C@@H](C)[C@H](NC(=O)OC)C(=O)N1[C@@H](C)CC[C@H]1c1nc(-c2ccc3c(c2)COc2cc4c(ccc5[nH]c([C@@H]6CC[C@H](C)N6C(=O)[C@@H](NC(=O)OC)[C@H](C)CC)nc54)cc2-3)c(C(C)C)[nH]1. The van der Waals surface area contributed by atoms with Crippen LogP contribution < -0.4 is 15.4 Å². The van der Waals surface area contributed by atoms with Gasteiger partial charge in [-0.1, -0.05) is 72.6 Å². The van der Waals surface area contributed by atoms with Crippen LogP contribution in [0.2, 0.25) is 0 Å². The molecule has 0 aliphatic carbocycles. The fraction of sp³-hybridized carbons (Fsp3) is 0.520. The van der Waals surface area contributed by atoms with Crippen LogP contribution in [0.4, 0.5) is 9.59 Å². The Balaban J connectivity index is 1.09. The fourth-order valence-corrected chi connectivity index (χ4v) is 10.1. The van der Waals surface area contributed by atoms with Crippen molar-refractivity contribution in [2.75, 3.05) is 14.2 Å². The quantitative estimate of drug-likeness (QED) is 0.0948. The molecule has 8 atom stereocenters. The van der Waals surface area contributed by atoms with Crippen molar-refractivity contribution < 1.29 is 33.4 Å². The monoisotopic (exact) mass is 888 g/mol. The van der Waals surface area contributed by atoms with Crippen LogP contribution in [0.5, 0.6) is 5.75 Å². The summed E-state index contributed by atoms with van der Waals surface area (Å²) in [6.07, 6.45) is 3.34. The number of aromatic nitrogens is 4. The van der Waals surface area contributed by atoms with Crippen molar-refractivity contribution in [3.63, 3.8) is 0 Å². The molecule has 0 saturated carbocycles. The number of ether oxygens (including phenoxy) is 3. The zero-order chi connectivity index (χ0) is 46.4. The largest absolute Gasteiger partial charge is 0.488 e. The van der Waals surface area contributed by atoms with E-state index in [1.807, 2.05) is 50.5 Å². The van der Waals surface area contributed by atoms with E-state index < -0.39 is 24.3 Å². The molecule has 0 radical (unpaired) electrons. The minimum Gasteiger partial charge on any atom is -0.488 e. The van der Waals surface area contributed by atoms with Crippen LogP contribution in [-0.2, 0) is 25.7 Å². The number of imidazole rings is 2. The molecule has 5 aromatic rings. The van der Waals surface area contributed by atoms with Gasteiger partial charge in [-0.15, -0.1) is 0 Å². The van der Waals surface area contributed by atoms with Crippen molar-refractivity contribution in [3.05, 3.63) is 65.4 Å². The van der Waals surface area contributed by atoms with Crippen molar-refractivity contribution in [3.8, 4) is 28.1 Å². The standard InChI is InChI=1S/C50H64N8O7/c1-11-26(5)41(55-49(61)63-9)47(59)57-28(7)13-19-37(57)45-51-36-18-16-30-22-35-33-17-15-31(21-32(33)24-65-39(35)23-34(30)44(36)54-45)43-40(25(3)4)52-46(53-43)38-20-14-29(8)58(38)48(60)42(27(6)12-2)56-50(62)64-10/h15-18,21-23,25-29,37-38,41-42H,11-14,19-20,24H2,1-10H3,(H,51,54)(H,52,53)(H,55,61)(H,56,62)/t26-,27-,28+,29+,37+,38+,41+,42+/m1/s1. The van der Waals surface area contributed by atoms with Gasteiger partial charge in [0.25, 0.3) is 0 Å². The number of amides is 4. The van der Waals surface area contributed by atoms with Crippen LogP contribution in [0, 0.1) is 11.8 Å². The Kier molecular flexibility index (Phi) is 12.9. The topological polar surface area (TPSA) is 184 Å². The van der Waals surface area contributed by atoms with Crippen molar-refractivity contribution in [1.82, 2.24) is 40.4 Å². The van der Waals surface area contributed by atoms with Crippen LogP contribution in [0.15, 0.2) is 42.5 Å². The average Bonchev–Trinajstić information content (AvgIpc) is 4.12. The number of methoxy groups -OCH3 is 2. The van der Waals surface area contributed by atoms with Crippen molar-refractivity contribution in [2.45, 2.75) is 143 Å². The minimum absolute atomic E-state index is 0.0273.